The topological polar surface area (TPSA) is 60.2 Å². The third kappa shape index (κ3) is 5.14. The average molecular weight is 324 g/mol. The van der Waals surface area contributed by atoms with Gasteiger partial charge in [-0.1, -0.05) is 6.07 Å². The number of nitrogens with two attached hydrogens (primary N) is 1. The maximum Gasteiger partial charge on any atom is 0.147 e. The van der Waals surface area contributed by atoms with E-state index in [2.05, 4.69) is 15.9 Å². The molecule has 0 spiro atoms. The molecule has 0 aromatic heterocycles. The van der Waals surface area contributed by atoms with Crippen molar-refractivity contribution in [2.45, 2.75) is 18.9 Å². The van der Waals surface area contributed by atoms with Crippen LogP contribution in [0.15, 0.2) is 22.7 Å². The summed E-state index contributed by atoms with van der Waals surface area (Å²) in [7, 11) is -2.95. The van der Waals surface area contributed by atoms with Gasteiger partial charge in [0.15, 0.2) is 0 Å². The van der Waals surface area contributed by atoms with Crippen molar-refractivity contribution in [2.24, 2.45) is 5.73 Å². The van der Waals surface area contributed by atoms with E-state index in [0.717, 1.165) is 0 Å². The van der Waals surface area contributed by atoms with Crippen molar-refractivity contribution in [3.63, 3.8) is 0 Å². The molecule has 0 saturated heterocycles. The Morgan fingerprint density at radius 3 is 2.65 bits per heavy atom. The molecule has 0 aliphatic carbocycles. The standard InChI is InChI=1S/C11H15BrFNO2S/c1-17(15,16)6-2-3-11(14)8-4-5-9(12)10(13)7-8/h4-5,7,11H,2-3,6,14H2,1H3. The maximum absolute atomic E-state index is 13.3. The van der Waals surface area contributed by atoms with Gasteiger partial charge < -0.3 is 5.73 Å². The van der Waals surface area contributed by atoms with Gasteiger partial charge in [-0.25, -0.2) is 12.8 Å². The molecule has 0 aliphatic heterocycles. The minimum absolute atomic E-state index is 0.111. The Kier molecular flexibility index (Phi) is 5.09. The van der Waals surface area contributed by atoms with Gasteiger partial charge in [-0.15, -0.1) is 0 Å². The van der Waals surface area contributed by atoms with Gasteiger partial charge in [-0.2, -0.15) is 0 Å². The summed E-state index contributed by atoms with van der Waals surface area (Å²) >= 11 is 3.06. The number of hydrogen-bond acceptors (Lipinski definition) is 3. The number of rotatable bonds is 5. The summed E-state index contributed by atoms with van der Waals surface area (Å²) < 4.78 is 35.5. The van der Waals surface area contributed by atoms with Crippen molar-refractivity contribution in [2.75, 3.05) is 12.0 Å². The predicted molar refractivity (Wildman–Crippen MR) is 70.0 cm³/mol. The Morgan fingerprint density at radius 1 is 1.47 bits per heavy atom. The van der Waals surface area contributed by atoms with Crippen LogP contribution in [0.2, 0.25) is 0 Å². The molecule has 0 fully saturated rings. The van der Waals surface area contributed by atoms with Crippen molar-refractivity contribution in [3.05, 3.63) is 34.1 Å². The molecule has 1 aromatic carbocycles. The van der Waals surface area contributed by atoms with Gasteiger partial charge >= 0.3 is 0 Å². The average Bonchev–Trinajstić information content (AvgIpc) is 2.20. The first-order valence-electron chi connectivity index (χ1n) is 5.18. The number of hydrogen-bond donors (Lipinski definition) is 1. The summed E-state index contributed by atoms with van der Waals surface area (Å²) in [6.45, 7) is 0. The van der Waals surface area contributed by atoms with Crippen LogP contribution in [0.5, 0.6) is 0 Å². The monoisotopic (exact) mass is 323 g/mol. The zero-order valence-corrected chi connectivity index (χ0v) is 11.9. The summed E-state index contributed by atoms with van der Waals surface area (Å²) in [5.41, 5.74) is 6.55. The van der Waals surface area contributed by atoms with Crippen LogP contribution in [0, 0.1) is 5.82 Å². The fraction of sp³-hybridized carbons (Fsp3) is 0.455. The van der Waals surface area contributed by atoms with Crippen LogP contribution in [0.3, 0.4) is 0 Å². The highest BCUT2D eigenvalue weighted by Crippen LogP contribution is 2.22. The maximum atomic E-state index is 13.3. The molecule has 0 aliphatic rings. The van der Waals surface area contributed by atoms with E-state index in [0.29, 0.717) is 22.9 Å². The molecule has 17 heavy (non-hydrogen) atoms. The number of halogens is 2. The van der Waals surface area contributed by atoms with Gasteiger partial charge in [-0.3, -0.25) is 0 Å². The van der Waals surface area contributed by atoms with Gasteiger partial charge in [0, 0.05) is 18.1 Å². The Balaban J connectivity index is 2.58. The van der Waals surface area contributed by atoms with Crippen LogP contribution < -0.4 is 5.73 Å². The first-order chi connectivity index (χ1) is 7.79. The molecule has 0 bridgehead atoms. The van der Waals surface area contributed by atoms with Crippen LogP contribution in [-0.4, -0.2) is 20.4 Å². The summed E-state index contributed by atoms with van der Waals surface area (Å²) in [4.78, 5) is 0. The second kappa shape index (κ2) is 5.93. The molecule has 0 radical (unpaired) electrons. The molecule has 0 amide bonds. The lowest BCUT2D eigenvalue weighted by Gasteiger charge is -2.12. The van der Waals surface area contributed by atoms with Crippen molar-refractivity contribution < 1.29 is 12.8 Å². The number of sulfone groups is 1. The number of benzene rings is 1. The molecule has 1 aromatic rings. The van der Waals surface area contributed by atoms with E-state index in [1.807, 2.05) is 0 Å². The Bertz CT molecular complexity index is 490. The zero-order chi connectivity index (χ0) is 13.1. The van der Waals surface area contributed by atoms with Crippen LogP contribution in [0.4, 0.5) is 4.39 Å². The fourth-order valence-corrected chi connectivity index (χ4v) is 2.41. The minimum Gasteiger partial charge on any atom is -0.324 e. The minimum atomic E-state index is -2.95. The highest BCUT2D eigenvalue weighted by molar-refractivity contribution is 9.10. The van der Waals surface area contributed by atoms with Crippen molar-refractivity contribution in [1.29, 1.82) is 0 Å². The van der Waals surface area contributed by atoms with Crippen molar-refractivity contribution >= 4 is 25.8 Å². The van der Waals surface area contributed by atoms with E-state index in [4.69, 9.17) is 5.73 Å². The summed E-state index contributed by atoms with van der Waals surface area (Å²) in [5.74, 6) is -0.249. The van der Waals surface area contributed by atoms with E-state index >= 15 is 0 Å². The van der Waals surface area contributed by atoms with Crippen LogP contribution in [-0.2, 0) is 9.84 Å². The van der Waals surface area contributed by atoms with E-state index in [9.17, 15) is 12.8 Å². The van der Waals surface area contributed by atoms with E-state index in [1.165, 1.54) is 12.3 Å². The first kappa shape index (κ1) is 14.6. The summed E-state index contributed by atoms with van der Waals surface area (Å²) in [6.07, 6.45) is 2.20. The second-order valence-electron chi connectivity index (χ2n) is 4.05. The normalized spacial score (nSPS) is 13.6. The Morgan fingerprint density at radius 2 is 2.12 bits per heavy atom. The smallest absolute Gasteiger partial charge is 0.147 e. The van der Waals surface area contributed by atoms with Gasteiger partial charge in [0.25, 0.3) is 0 Å². The third-order valence-electron chi connectivity index (χ3n) is 2.40. The first-order valence-corrected chi connectivity index (χ1v) is 8.03. The van der Waals surface area contributed by atoms with Crippen LogP contribution >= 0.6 is 15.9 Å². The van der Waals surface area contributed by atoms with Crippen molar-refractivity contribution in [1.82, 2.24) is 0 Å². The fourth-order valence-electron chi connectivity index (χ4n) is 1.48. The summed E-state index contributed by atoms with van der Waals surface area (Å²) in [5, 5.41) is 0. The van der Waals surface area contributed by atoms with E-state index in [1.54, 1.807) is 12.1 Å². The lowest BCUT2D eigenvalue weighted by Crippen LogP contribution is -2.13. The van der Waals surface area contributed by atoms with Crippen LogP contribution in [0.1, 0.15) is 24.4 Å². The highest BCUT2D eigenvalue weighted by Gasteiger charge is 2.10. The summed E-state index contributed by atoms with van der Waals surface area (Å²) in [6, 6.07) is 4.37. The quantitative estimate of drug-likeness (QED) is 0.905. The molecule has 3 nitrogen and oxygen atoms in total. The molecule has 0 heterocycles. The van der Waals surface area contributed by atoms with Crippen molar-refractivity contribution in [3.8, 4) is 0 Å². The molecule has 2 N–H and O–H groups in total. The zero-order valence-electron chi connectivity index (χ0n) is 9.49. The largest absolute Gasteiger partial charge is 0.324 e. The third-order valence-corrected chi connectivity index (χ3v) is 4.08. The second-order valence-corrected chi connectivity index (χ2v) is 7.17. The highest BCUT2D eigenvalue weighted by atomic mass is 79.9. The van der Waals surface area contributed by atoms with Gasteiger partial charge in [-0.05, 0) is 46.5 Å². The molecule has 1 rings (SSSR count). The molecule has 1 atom stereocenters. The Labute approximate surface area is 109 Å². The SMILES string of the molecule is CS(=O)(=O)CCCC(N)c1ccc(Br)c(F)c1. The molecule has 6 heteroatoms. The van der Waals surface area contributed by atoms with E-state index < -0.39 is 9.84 Å². The lowest BCUT2D eigenvalue weighted by atomic mass is 10.0. The molecule has 1 unspecified atom stereocenters. The predicted octanol–water partition coefficient (Wildman–Crippen LogP) is 2.41. The van der Waals surface area contributed by atoms with Crippen LogP contribution in [0.25, 0.3) is 0 Å². The van der Waals surface area contributed by atoms with Gasteiger partial charge in [0.1, 0.15) is 15.7 Å². The molecular formula is C11H15BrFNO2S. The Hall–Kier alpha value is -0.460. The molecule has 96 valence electrons. The molecular weight excluding hydrogens is 309 g/mol. The molecule has 0 saturated carbocycles. The van der Waals surface area contributed by atoms with Gasteiger partial charge in [0.2, 0.25) is 0 Å². The van der Waals surface area contributed by atoms with E-state index in [-0.39, 0.29) is 17.6 Å². The van der Waals surface area contributed by atoms with Gasteiger partial charge in [0.05, 0.1) is 4.47 Å². The lowest BCUT2D eigenvalue weighted by molar-refractivity contribution is 0.582.